The summed E-state index contributed by atoms with van der Waals surface area (Å²) >= 11 is 0. The Kier molecular flexibility index (Phi) is 5.14. The van der Waals surface area contributed by atoms with Crippen molar-refractivity contribution < 1.29 is 13.5 Å². The van der Waals surface area contributed by atoms with Crippen molar-refractivity contribution >= 4 is 16.4 Å². The van der Waals surface area contributed by atoms with Crippen LogP contribution in [-0.2, 0) is 10.7 Å². The highest BCUT2D eigenvalue weighted by Crippen LogP contribution is 2.10. The van der Waals surface area contributed by atoms with Crippen LogP contribution in [0.2, 0.25) is 0 Å². The summed E-state index contributed by atoms with van der Waals surface area (Å²) < 4.78 is 21.2. The first kappa shape index (κ1) is 12.0. The lowest BCUT2D eigenvalue weighted by Gasteiger charge is -2.05. The summed E-state index contributed by atoms with van der Waals surface area (Å²) in [5, 5.41) is 11.7. The monoisotopic (exact) mass is 229 g/mol. The van der Waals surface area contributed by atoms with Gasteiger partial charge in [0.1, 0.15) is 0 Å². The molecule has 0 atom stereocenters. The van der Waals surface area contributed by atoms with Crippen LogP contribution in [0.15, 0.2) is 29.2 Å². The summed E-state index contributed by atoms with van der Waals surface area (Å²) in [7, 11) is -2.49. The molecule has 4 nitrogen and oxygen atoms in total. The van der Waals surface area contributed by atoms with Crippen molar-refractivity contribution in [2.75, 3.05) is 18.5 Å². The third-order valence-electron chi connectivity index (χ3n) is 1.99. The molecule has 1 rings (SSSR count). The van der Waals surface area contributed by atoms with Crippen molar-refractivity contribution in [3.05, 3.63) is 24.3 Å². The molecule has 0 aromatic heterocycles. The number of thiol groups is 1. The number of aliphatic hydroxyl groups excluding tert-OH is 1. The second kappa shape index (κ2) is 6.42. The van der Waals surface area contributed by atoms with Gasteiger partial charge in [0, 0.05) is 18.8 Å². The van der Waals surface area contributed by atoms with Crippen LogP contribution in [0.4, 0.5) is 5.69 Å². The fraction of sp³-hybridized carbons (Fsp3) is 0.400. The van der Waals surface area contributed by atoms with E-state index in [0.29, 0.717) is 4.90 Å². The van der Waals surface area contributed by atoms with Gasteiger partial charge in [-0.1, -0.05) is 0 Å². The normalized spacial score (nSPS) is 10.5. The van der Waals surface area contributed by atoms with E-state index in [4.69, 9.17) is 5.11 Å². The van der Waals surface area contributed by atoms with Crippen LogP contribution in [0.5, 0.6) is 0 Å². The minimum Gasteiger partial charge on any atom is -0.396 e. The quantitative estimate of drug-likeness (QED) is 0.499. The Morgan fingerprint density at radius 1 is 1.13 bits per heavy atom. The van der Waals surface area contributed by atoms with E-state index in [1.54, 1.807) is 24.3 Å². The third-order valence-corrected chi connectivity index (χ3v) is 2.71. The predicted octanol–water partition coefficient (Wildman–Crippen LogP) is 0.841. The van der Waals surface area contributed by atoms with Crippen molar-refractivity contribution in [1.29, 1.82) is 0 Å². The standard InChI is InChI=1S/C10H15NO3S/c12-8-2-1-7-11-9-3-5-10(6-4-9)15(13)14/h3-6,11-12,15H,1-2,7-8H2. The molecule has 1 aromatic carbocycles. The largest absolute Gasteiger partial charge is 0.396 e. The average Bonchev–Trinajstić information content (AvgIpc) is 2.25. The summed E-state index contributed by atoms with van der Waals surface area (Å²) in [6, 6.07) is 6.61. The SMILES string of the molecule is O=[SH](=O)c1ccc(NCCCCO)cc1. The smallest absolute Gasteiger partial charge is 0.168 e. The molecule has 0 saturated carbocycles. The van der Waals surface area contributed by atoms with Gasteiger partial charge in [-0.05, 0) is 37.1 Å². The summed E-state index contributed by atoms with van der Waals surface area (Å²) in [4.78, 5) is 0.325. The number of hydrogen-bond donors (Lipinski definition) is 3. The highest BCUT2D eigenvalue weighted by Gasteiger charge is 1.95. The predicted molar refractivity (Wildman–Crippen MR) is 59.8 cm³/mol. The zero-order valence-corrected chi connectivity index (χ0v) is 9.24. The first-order chi connectivity index (χ1) is 7.24. The lowest BCUT2D eigenvalue weighted by molar-refractivity contribution is 0.286. The molecule has 0 fully saturated rings. The zero-order valence-electron chi connectivity index (χ0n) is 8.35. The highest BCUT2D eigenvalue weighted by molar-refractivity contribution is 7.72. The summed E-state index contributed by atoms with van der Waals surface area (Å²) in [5.41, 5.74) is 0.897. The van der Waals surface area contributed by atoms with Crippen LogP contribution in [0.1, 0.15) is 12.8 Å². The minimum absolute atomic E-state index is 0.206. The van der Waals surface area contributed by atoms with E-state index in [9.17, 15) is 8.42 Å². The van der Waals surface area contributed by atoms with E-state index in [1.807, 2.05) is 0 Å². The maximum Gasteiger partial charge on any atom is 0.168 e. The molecule has 0 bridgehead atoms. The minimum atomic E-state index is -2.49. The maximum absolute atomic E-state index is 10.6. The number of aliphatic hydroxyl groups is 1. The Labute approximate surface area is 90.9 Å². The van der Waals surface area contributed by atoms with Gasteiger partial charge in [0.05, 0.1) is 4.90 Å². The van der Waals surface area contributed by atoms with Crippen molar-refractivity contribution in [3.63, 3.8) is 0 Å². The third kappa shape index (κ3) is 4.31. The summed E-state index contributed by atoms with van der Waals surface area (Å²) in [5.74, 6) is 0. The van der Waals surface area contributed by atoms with Gasteiger partial charge < -0.3 is 10.4 Å². The van der Waals surface area contributed by atoms with Crippen LogP contribution in [0, 0.1) is 0 Å². The molecule has 0 saturated heterocycles. The van der Waals surface area contributed by atoms with Crippen LogP contribution >= 0.6 is 0 Å². The molecule has 5 heteroatoms. The van der Waals surface area contributed by atoms with Crippen molar-refractivity contribution in [2.24, 2.45) is 0 Å². The Balaban J connectivity index is 2.43. The van der Waals surface area contributed by atoms with Crippen molar-refractivity contribution in [1.82, 2.24) is 0 Å². The maximum atomic E-state index is 10.6. The average molecular weight is 229 g/mol. The molecule has 0 aliphatic carbocycles. The first-order valence-corrected chi connectivity index (χ1v) is 6.01. The molecule has 0 amide bonds. The van der Waals surface area contributed by atoms with Crippen molar-refractivity contribution in [3.8, 4) is 0 Å². The Morgan fingerprint density at radius 2 is 1.80 bits per heavy atom. The summed E-state index contributed by atoms with van der Waals surface area (Å²) in [6.45, 7) is 0.987. The van der Waals surface area contributed by atoms with Crippen LogP contribution in [0.25, 0.3) is 0 Å². The van der Waals surface area contributed by atoms with Crippen LogP contribution in [0.3, 0.4) is 0 Å². The zero-order chi connectivity index (χ0) is 11.1. The fourth-order valence-corrected chi connectivity index (χ4v) is 1.56. The molecular weight excluding hydrogens is 214 g/mol. The van der Waals surface area contributed by atoms with Gasteiger partial charge in [-0.15, -0.1) is 0 Å². The molecule has 0 aliphatic heterocycles. The molecule has 0 heterocycles. The van der Waals surface area contributed by atoms with Gasteiger partial charge in [0.25, 0.3) is 0 Å². The lowest BCUT2D eigenvalue weighted by Crippen LogP contribution is -2.02. The van der Waals surface area contributed by atoms with E-state index < -0.39 is 10.7 Å². The molecule has 0 aliphatic rings. The molecule has 84 valence electrons. The number of nitrogens with one attached hydrogen (secondary N) is 1. The topological polar surface area (TPSA) is 66.4 Å². The molecule has 2 N–H and O–H groups in total. The lowest BCUT2D eigenvalue weighted by atomic mass is 10.3. The molecule has 0 spiro atoms. The molecule has 0 unspecified atom stereocenters. The van der Waals surface area contributed by atoms with Crippen LogP contribution < -0.4 is 5.32 Å². The summed E-state index contributed by atoms with van der Waals surface area (Å²) in [6.07, 6.45) is 1.67. The molecular formula is C10H15NO3S. The Bertz CT molecular complexity index is 351. The number of rotatable bonds is 6. The number of hydrogen-bond acceptors (Lipinski definition) is 4. The second-order valence-electron chi connectivity index (χ2n) is 3.16. The second-order valence-corrected chi connectivity index (χ2v) is 4.19. The van der Waals surface area contributed by atoms with Crippen LogP contribution in [-0.4, -0.2) is 26.7 Å². The number of unbranched alkanes of at least 4 members (excludes halogenated alkanes) is 1. The van der Waals surface area contributed by atoms with E-state index in [0.717, 1.165) is 25.1 Å². The number of benzene rings is 1. The first-order valence-electron chi connectivity index (χ1n) is 4.83. The molecule has 0 radical (unpaired) electrons. The molecule has 1 aromatic rings. The van der Waals surface area contributed by atoms with Gasteiger partial charge in [0.2, 0.25) is 0 Å². The Morgan fingerprint density at radius 3 is 2.33 bits per heavy atom. The van der Waals surface area contributed by atoms with Gasteiger partial charge in [-0.25, -0.2) is 8.42 Å². The van der Waals surface area contributed by atoms with Gasteiger partial charge in [-0.3, -0.25) is 0 Å². The number of anilines is 1. The van der Waals surface area contributed by atoms with E-state index in [2.05, 4.69) is 5.32 Å². The molecule has 15 heavy (non-hydrogen) atoms. The van der Waals surface area contributed by atoms with E-state index in [-0.39, 0.29) is 6.61 Å². The van der Waals surface area contributed by atoms with E-state index >= 15 is 0 Å². The van der Waals surface area contributed by atoms with E-state index in [1.165, 1.54) is 0 Å². The van der Waals surface area contributed by atoms with Crippen molar-refractivity contribution in [2.45, 2.75) is 17.7 Å². The fourth-order valence-electron chi connectivity index (χ4n) is 1.17. The van der Waals surface area contributed by atoms with Gasteiger partial charge in [-0.2, -0.15) is 0 Å². The van der Waals surface area contributed by atoms with Gasteiger partial charge >= 0.3 is 0 Å². The Hall–Kier alpha value is -1.07. The highest BCUT2D eigenvalue weighted by atomic mass is 32.2. The van der Waals surface area contributed by atoms with Gasteiger partial charge in [0.15, 0.2) is 10.7 Å².